The molecule has 1 fully saturated rings. The molecule has 0 bridgehead atoms. The molecule has 10 heteroatoms. The van der Waals surface area contributed by atoms with E-state index in [2.05, 4.69) is 25.8 Å². The molecule has 3 heterocycles. The van der Waals surface area contributed by atoms with Crippen molar-refractivity contribution in [2.24, 2.45) is 0 Å². The lowest BCUT2D eigenvalue weighted by atomic mass is 10.1. The van der Waals surface area contributed by atoms with E-state index >= 15 is 0 Å². The zero-order valence-electron chi connectivity index (χ0n) is 18.7. The van der Waals surface area contributed by atoms with Crippen molar-refractivity contribution in [3.63, 3.8) is 0 Å². The number of nitrogens with zero attached hydrogens (tertiary/aromatic N) is 6. The van der Waals surface area contributed by atoms with Crippen LogP contribution in [0.3, 0.4) is 0 Å². The molecule has 1 aliphatic heterocycles. The van der Waals surface area contributed by atoms with Crippen molar-refractivity contribution in [1.29, 1.82) is 0 Å². The highest BCUT2D eigenvalue weighted by Gasteiger charge is 2.27. The number of hydrogen-bond donors (Lipinski definition) is 1. The van der Waals surface area contributed by atoms with Crippen molar-refractivity contribution < 1.29 is 13.9 Å². The molecule has 4 aromatic rings. The fraction of sp³-hybridized carbons (Fsp3) is 0.292. The summed E-state index contributed by atoms with van der Waals surface area (Å²) < 4.78 is 24.5. The number of imidazole rings is 1. The summed E-state index contributed by atoms with van der Waals surface area (Å²) in [5.41, 5.74) is 3.46. The van der Waals surface area contributed by atoms with E-state index < -0.39 is 11.7 Å². The number of aryl methyl sites for hydroxylation is 1. The second kappa shape index (κ2) is 7.75. The summed E-state index contributed by atoms with van der Waals surface area (Å²) in [6, 6.07) is 8.25. The maximum atomic E-state index is 14.9. The van der Waals surface area contributed by atoms with Gasteiger partial charge in [0, 0.05) is 12.1 Å². The molecule has 6 rings (SSSR count). The van der Waals surface area contributed by atoms with Crippen LogP contribution in [0.25, 0.3) is 17.1 Å². The molecular formula is C24H22FN7O2. The van der Waals surface area contributed by atoms with Crippen LogP contribution in [0.2, 0.25) is 0 Å². The van der Waals surface area contributed by atoms with Gasteiger partial charge in [-0.15, -0.1) is 5.10 Å². The zero-order valence-corrected chi connectivity index (χ0v) is 18.7. The smallest absolute Gasteiger partial charge is 0.258 e. The van der Waals surface area contributed by atoms with E-state index in [1.54, 1.807) is 29.2 Å². The summed E-state index contributed by atoms with van der Waals surface area (Å²) in [6.07, 6.45) is 5.72. The Kier molecular flexibility index (Phi) is 4.68. The van der Waals surface area contributed by atoms with Crippen LogP contribution in [0.1, 0.15) is 47.3 Å². The van der Waals surface area contributed by atoms with E-state index in [4.69, 9.17) is 4.74 Å². The molecule has 0 unspecified atom stereocenters. The highest BCUT2D eigenvalue weighted by Crippen LogP contribution is 2.40. The Morgan fingerprint density at radius 1 is 1.26 bits per heavy atom. The number of ether oxygens (including phenoxy) is 1. The largest absolute Gasteiger partial charge is 0.486 e. The minimum Gasteiger partial charge on any atom is -0.486 e. The standard InChI is InChI=1S/C24H22FN7O2/c1-13-8-18(25)17(9-21(13)31-11-20(26-12-31)15-6-7-15)24(33)27-19-5-3-4-16-22(19)34-14(2)10-32-23(16)28-29-30-32/h3-5,8-9,11-12,14-15H,6-7,10H2,1-2H3,(H,27,33)/t14-/m0/s1. The summed E-state index contributed by atoms with van der Waals surface area (Å²) in [7, 11) is 0. The fourth-order valence-corrected chi connectivity index (χ4v) is 4.30. The number of halogens is 1. The van der Waals surface area contributed by atoms with Gasteiger partial charge in [0.15, 0.2) is 11.6 Å². The normalized spacial score (nSPS) is 16.9. The zero-order chi connectivity index (χ0) is 23.4. The monoisotopic (exact) mass is 459 g/mol. The second-order valence-corrected chi connectivity index (χ2v) is 8.85. The number of benzene rings is 2. The maximum Gasteiger partial charge on any atom is 0.258 e. The van der Waals surface area contributed by atoms with Crippen LogP contribution >= 0.6 is 0 Å². The molecule has 1 aliphatic carbocycles. The quantitative estimate of drug-likeness (QED) is 0.497. The Bertz CT molecular complexity index is 1420. The minimum absolute atomic E-state index is 0.0635. The highest BCUT2D eigenvalue weighted by molar-refractivity contribution is 6.06. The van der Waals surface area contributed by atoms with E-state index in [1.165, 1.54) is 6.07 Å². The van der Waals surface area contributed by atoms with E-state index in [-0.39, 0.29) is 11.7 Å². The number of carbonyl (C=O) groups excluding carboxylic acids is 1. The van der Waals surface area contributed by atoms with Gasteiger partial charge >= 0.3 is 0 Å². The number of aromatic nitrogens is 6. The fourth-order valence-electron chi connectivity index (χ4n) is 4.30. The summed E-state index contributed by atoms with van der Waals surface area (Å²) in [6.45, 7) is 4.17. The molecule has 2 aromatic heterocycles. The predicted octanol–water partition coefficient (Wildman–Crippen LogP) is 3.88. The molecule has 1 atom stereocenters. The lowest BCUT2D eigenvalue weighted by Crippen LogP contribution is -2.20. The molecule has 2 aromatic carbocycles. The molecule has 1 amide bonds. The maximum absolute atomic E-state index is 14.9. The molecule has 2 aliphatic rings. The minimum atomic E-state index is -0.596. The third-order valence-electron chi connectivity index (χ3n) is 6.19. The van der Waals surface area contributed by atoms with Gasteiger partial charge in [0.1, 0.15) is 11.9 Å². The molecule has 1 saturated carbocycles. The van der Waals surface area contributed by atoms with Crippen LogP contribution in [0.5, 0.6) is 5.75 Å². The third kappa shape index (κ3) is 3.51. The Hall–Kier alpha value is -4.08. The van der Waals surface area contributed by atoms with Crippen LogP contribution < -0.4 is 10.1 Å². The Morgan fingerprint density at radius 2 is 2.12 bits per heavy atom. The first-order valence-electron chi connectivity index (χ1n) is 11.2. The number of carbonyl (C=O) groups is 1. The first-order valence-corrected chi connectivity index (χ1v) is 11.2. The van der Waals surface area contributed by atoms with E-state index in [0.717, 1.165) is 18.5 Å². The summed E-state index contributed by atoms with van der Waals surface area (Å²) >= 11 is 0. The first kappa shape index (κ1) is 20.5. The van der Waals surface area contributed by atoms with E-state index in [1.807, 2.05) is 30.7 Å². The van der Waals surface area contributed by atoms with Crippen LogP contribution in [-0.2, 0) is 6.54 Å². The number of tetrazole rings is 1. The molecule has 0 radical (unpaired) electrons. The summed E-state index contributed by atoms with van der Waals surface area (Å²) in [5, 5.41) is 14.7. The van der Waals surface area contributed by atoms with Crippen molar-refractivity contribution in [2.45, 2.75) is 45.3 Å². The van der Waals surface area contributed by atoms with Gasteiger partial charge in [0.25, 0.3) is 5.91 Å². The van der Waals surface area contributed by atoms with Gasteiger partial charge in [-0.05, 0) is 66.9 Å². The van der Waals surface area contributed by atoms with Crippen LogP contribution in [-0.4, -0.2) is 41.8 Å². The number of para-hydroxylation sites is 1. The number of anilines is 1. The van der Waals surface area contributed by atoms with Crippen LogP contribution in [0.15, 0.2) is 42.9 Å². The second-order valence-electron chi connectivity index (χ2n) is 8.85. The van der Waals surface area contributed by atoms with Crippen molar-refractivity contribution in [3.8, 4) is 22.8 Å². The Labute approximate surface area is 194 Å². The molecule has 34 heavy (non-hydrogen) atoms. The topological polar surface area (TPSA) is 99.7 Å². The van der Waals surface area contributed by atoms with Gasteiger partial charge in [0.2, 0.25) is 0 Å². The molecule has 0 spiro atoms. The number of hydrogen-bond acceptors (Lipinski definition) is 6. The summed E-state index contributed by atoms with van der Waals surface area (Å²) in [4.78, 5) is 17.7. The highest BCUT2D eigenvalue weighted by atomic mass is 19.1. The number of nitrogens with one attached hydrogen (secondary N) is 1. The summed E-state index contributed by atoms with van der Waals surface area (Å²) in [5.74, 6) is 0.331. The van der Waals surface area contributed by atoms with Gasteiger partial charge in [0.05, 0.1) is 41.1 Å². The number of amides is 1. The third-order valence-corrected chi connectivity index (χ3v) is 6.19. The lowest BCUT2D eigenvalue weighted by Gasteiger charge is -2.17. The molecular weight excluding hydrogens is 437 g/mol. The molecule has 1 N–H and O–H groups in total. The Balaban J connectivity index is 1.35. The van der Waals surface area contributed by atoms with Gasteiger partial charge in [-0.2, -0.15) is 0 Å². The number of rotatable bonds is 4. The lowest BCUT2D eigenvalue weighted by molar-refractivity contribution is 0.102. The van der Waals surface area contributed by atoms with E-state index in [9.17, 15) is 9.18 Å². The average molecular weight is 459 g/mol. The van der Waals surface area contributed by atoms with Gasteiger partial charge < -0.3 is 14.6 Å². The number of fused-ring (bicyclic) bond motifs is 3. The molecule has 172 valence electrons. The van der Waals surface area contributed by atoms with Crippen molar-refractivity contribution in [3.05, 3.63) is 65.5 Å². The van der Waals surface area contributed by atoms with Gasteiger partial charge in [-0.25, -0.2) is 14.1 Å². The molecule has 9 nitrogen and oxygen atoms in total. The van der Waals surface area contributed by atoms with Crippen molar-refractivity contribution in [1.82, 2.24) is 29.8 Å². The van der Waals surface area contributed by atoms with Crippen molar-refractivity contribution in [2.75, 3.05) is 5.32 Å². The SMILES string of the molecule is Cc1cc(F)c(C(=O)Nc2cccc3c2O[C@@H](C)Cn2nnnc2-3)cc1-n1cnc(C2CC2)c1. The first-order chi connectivity index (χ1) is 16.5. The van der Waals surface area contributed by atoms with Gasteiger partial charge in [-0.3, -0.25) is 4.79 Å². The van der Waals surface area contributed by atoms with Gasteiger partial charge in [-0.1, -0.05) is 6.07 Å². The molecule has 0 saturated heterocycles. The van der Waals surface area contributed by atoms with Crippen molar-refractivity contribution >= 4 is 11.6 Å². The van der Waals surface area contributed by atoms with Crippen LogP contribution in [0.4, 0.5) is 10.1 Å². The van der Waals surface area contributed by atoms with E-state index in [0.29, 0.717) is 46.5 Å². The van der Waals surface area contributed by atoms with Crippen LogP contribution in [0, 0.1) is 12.7 Å². The Morgan fingerprint density at radius 3 is 2.94 bits per heavy atom. The average Bonchev–Trinajstić information content (AvgIpc) is 3.40. The predicted molar refractivity (Wildman–Crippen MR) is 122 cm³/mol.